The van der Waals surface area contributed by atoms with Gasteiger partial charge in [0.25, 0.3) is 0 Å². The topological polar surface area (TPSA) is 108 Å². The Balaban J connectivity index is 4.52. The van der Waals surface area contributed by atoms with Gasteiger partial charge in [0.1, 0.15) is 19.8 Å². The van der Waals surface area contributed by atoms with Crippen LogP contribution in [0.4, 0.5) is 0 Å². The molecular formula is C44H75NO8P+. The lowest BCUT2D eigenvalue weighted by Crippen LogP contribution is -2.37. The average molecular weight is 777 g/mol. The zero-order valence-electron chi connectivity index (χ0n) is 34.4. The lowest BCUT2D eigenvalue weighted by molar-refractivity contribution is -0.870. The molecule has 308 valence electrons. The number of phosphoric acid groups is 1. The van der Waals surface area contributed by atoms with Crippen LogP contribution in [-0.2, 0) is 32.7 Å². The Morgan fingerprint density at radius 2 is 1.00 bits per heavy atom. The van der Waals surface area contributed by atoms with Crippen LogP contribution in [0.15, 0.2) is 85.1 Å². The number of unbranched alkanes of at least 4 members (excludes halogenated alkanes) is 7. The highest BCUT2D eigenvalue weighted by Crippen LogP contribution is 2.43. The number of hydrogen-bond donors (Lipinski definition) is 1. The van der Waals surface area contributed by atoms with Gasteiger partial charge in [0.05, 0.1) is 27.7 Å². The lowest BCUT2D eigenvalue weighted by Gasteiger charge is -2.24. The summed E-state index contributed by atoms with van der Waals surface area (Å²) >= 11 is 0. The summed E-state index contributed by atoms with van der Waals surface area (Å²) in [6.07, 6.45) is 44.9. The van der Waals surface area contributed by atoms with Crippen LogP contribution in [0.25, 0.3) is 0 Å². The SMILES string of the molecule is CC/C=C\C/C=C\C/C=C\C/C=C\CCCCCCC(=O)OC(COC(=O)CCCCC/C=C\C/C=C\C/C=C\CC)COP(=O)(O)OCC[N+](C)(C)C. The van der Waals surface area contributed by atoms with E-state index in [1.165, 1.54) is 0 Å². The number of likely N-dealkylation sites (N-methyl/N-ethyl adjacent to an activating group) is 1. The summed E-state index contributed by atoms with van der Waals surface area (Å²) in [7, 11) is 1.42. The molecule has 0 aliphatic heterocycles. The van der Waals surface area contributed by atoms with Crippen molar-refractivity contribution in [3.63, 3.8) is 0 Å². The first-order valence-electron chi connectivity index (χ1n) is 20.3. The molecule has 2 unspecified atom stereocenters. The summed E-state index contributed by atoms with van der Waals surface area (Å²) in [5.41, 5.74) is 0. The van der Waals surface area contributed by atoms with Gasteiger partial charge in [0, 0.05) is 12.8 Å². The summed E-state index contributed by atoms with van der Waals surface area (Å²) < 4.78 is 34.2. The van der Waals surface area contributed by atoms with Gasteiger partial charge in [-0.3, -0.25) is 18.6 Å². The van der Waals surface area contributed by atoms with Gasteiger partial charge >= 0.3 is 19.8 Å². The number of quaternary nitrogens is 1. The van der Waals surface area contributed by atoms with E-state index in [1.54, 1.807) is 0 Å². The van der Waals surface area contributed by atoms with Crippen LogP contribution in [0.2, 0.25) is 0 Å². The van der Waals surface area contributed by atoms with Gasteiger partial charge in [0.15, 0.2) is 6.10 Å². The van der Waals surface area contributed by atoms with Crippen molar-refractivity contribution in [3.8, 4) is 0 Å². The fourth-order valence-corrected chi connectivity index (χ4v) is 5.52. The fraction of sp³-hybridized carbons (Fsp3) is 0.636. The molecule has 0 aromatic rings. The summed E-state index contributed by atoms with van der Waals surface area (Å²) in [5, 5.41) is 0. The van der Waals surface area contributed by atoms with E-state index in [0.29, 0.717) is 23.9 Å². The van der Waals surface area contributed by atoms with Crippen LogP contribution in [0.1, 0.15) is 129 Å². The molecule has 0 saturated carbocycles. The van der Waals surface area contributed by atoms with Crippen molar-refractivity contribution >= 4 is 19.8 Å². The molecule has 0 fully saturated rings. The van der Waals surface area contributed by atoms with E-state index in [1.807, 2.05) is 21.1 Å². The van der Waals surface area contributed by atoms with E-state index in [4.69, 9.17) is 18.5 Å². The van der Waals surface area contributed by atoms with Crippen molar-refractivity contribution in [1.29, 1.82) is 0 Å². The van der Waals surface area contributed by atoms with Crippen molar-refractivity contribution in [2.75, 3.05) is 47.5 Å². The Bertz CT molecular complexity index is 1200. The van der Waals surface area contributed by atoms with Crippen molar-refractivity contribution < 1.29 is 42.1 Å². The Morgan fingerprint density at radius 1 is 0.574 bits per heavy atom. The highest BCUT2D eigenvalue weighted by atomic mass is 31.2. The number of carbonyl (C=O) groups is 2. The molecule has 0 aromatic heterocycles. The van der Waals surface area contributed by atoms with E-state index >= 15 is 0 Å². The van der Waals surface area contributed by atoms with Crippen molar-refractivity contribution in [2.24, 2.45) is 0 Å². The highest BCUT2D eigenvalue weighted by Gasteiger charge is 2.27. The number of nitrogens with zero attached hydrogens (tertiary/aromatic N) is 1. The molecule has 0 bridgehead atoms. The van der Waals surface area contributed by atoms with Crippen molar-refractivity contribution in [2.45, 2.75) is 136 Å². The average Bonchev–Trinajstić information content (AvgIpc) is 3.12. The number of carbonyl (C=O) groups excluding carboxylic acids is 2. The van der Waals surface area contributed by atoms with E-state index in [2.05, 4.69) is 98.9 Å². The number of phosphoric ester groups is 1. The maximum atomic E-state index is 12.7. The molecule has 9 nitrogen and oxygen atoms in total. The summed E-state index contributed by atoms with van der Waals surface area (Å²) in [6, 6.07) is 0. The smallest absolute Gasteiger partial charge is 0.462 e. The molecule has 0 spiro atoms. The van der Waals surface area contributed by atoms with E-state index in [0.717, 1.165) is 89.9 Å². The number of ether oxygens (including phenoxy) is 2. The Morgan fingerprint density at radius 3 is 1.48 bits per heavy atom. The summed E-state index contributed by atoms with van der Waals surface area (Å²) in [4.78, 5) is 35.3. The van der Waals surface area contributed by atoms with Crippen molar-refractivity contribution in [3.05, 3.63) is 85.1 Å². The van der Waals surface area contributed by atoms with Gasteiger partial charge in [-0.05, 0) is 83.5 Å². The second-order valence-corrected chi connectivity index (χ2v) is 15.7. The maximum Gasteiger partial charge on any atom is 0.472 e. The zero-order valence-corrected chi connectivity index (χ0v) is 35.3. The third-order valence-corrected chi connectivity index (χ3v) is 8.90. The van der Waals surface area contributed by atoms with E-state index in [9.17, 15) is 19.0 Å². The minimum atomic E-state index is -4.39. The monoisotopic (exact) mass is 777 g/mol. The Labute approximate surface area is 329 Å². The van der Waals surface area contributed by atoms with Crippen LogP contribution < -0.4 is 0 Å². The zero-order chi connectivity index (χ0) is 40.0. The molecular weight excluding hydrogens is 701 g/mol. The first-order valence-corrected chi connectivity index (χ1v) is 21.8. The molecule has 54 heavy (non-hydrogen) atoms. The molecule has 10 heteroatoms. The third kappa shape index (κ3) is 38.9. The summed E-state index contributed by atoms with van der Waals surface area (Å²) in [5.74, 6) is -0.873. The second-order valence-electron chi connectivity index (χ2n) is 14.3. The molecule has 1 N–H and O–H groups in total. The number of hydrogen-bond acceptors (Lipinski definition) is 7. The molecule has 0 aromatic carbocycles. The Hall–Kier alpha value is -2.81. The molecule has 0 aliphatic rings. The van der Waals surface area contributed by atoms with Crippen LogP contribution >= 0.6 is 7.82 Å². The number of esters is 2. The molecule has 0 saturated heterocycles. The van der Waals surface area contributed by atoms with Crippen LogP contribution in [-0.4, -0.2) is 74.9 Å². The molecule has 0 radical (unpaired) electrons. The highest BCUT2D eigenvalue weighted by molar-refractivity contribution is 7.47. The normalized spacial score (nSPS) is 14.6. The van der Waals surface area contributed by atoms with E-state index in [-0.39, 0.29) is 26.1 Å². The second kappa shape index (κ2) is 35.9. The summed E-state index contributed by atoms with van der Waals surface area (Å²) in [6.45, 7) is 4.09. The molecule has 0 aliphatic carbocycles. The maximum absolute atomic E-state index is 12.7. The van der Waals surface area contributed by atoms with Crippen LogP contribution in [0.5, 0.6) is 0 Å². The first kappa shape index (κ1) is 51.2. The lowest BCUT2D eigenvalue weighted by atomic mass is 10.1. The molecule has 0 amide bonds. The molecule has 2 atom stereocenters. The fourth-order valence-electron chi connectivity index (χ4n) is 4.78. The predicted molar refractivity (Wildman–Crippen MR) is 224 cm³/mol. The number of rotatable bonds is 35. The van der Waals surface area contributed by atoms with Gasteiger partial charge in [-0.2, -0.15) is 0 Å². The number of allylic oxidation sites excluding steroid dienone is 14. The van der Waals surface area contributed by atoms with Gasteiger partial charge in [0.2, 0.25) is 0 Å². The van der Waals surface area contributed by atoms with Gasteiger partial charge in [-0.1, -0.05) is 118 Å². The minimum Gasteiger partial charge on any atom is -0.462 e. The molecule has 0 rings (SSSR count). The largest absolute Gasteiger partial charge is 0.472 e. The van der Waals surface area contributed by atoms with Crippen LogP contribution in [0, 0.1) is 0 Å². The first-order chi connectivity index (χ1) is 26.0. The van der Waals surface area contributed by atoms with Gasteiger partial charge in [-0.15, -0.1) is 0 Å². The third-order valence-electron chi connectivity index (χ3n) is 7.92. The quantitative estimate of drug-likeness (QED) is 0.0223. The minimum absolute atomic E-state index is 0.0166. The van der Waals surface area contributed by atoms with Crippen molar-refractivity contribution in [1.82, 2.24) is 0 Å². The van der Waals surface area contributed by atoms with Crippen LogP contribution in [0.3, 0.4) is 0 Å². The predicted octanol–water partition coefficient (Wildman–Crippen LogP) is 11.2. The standard InChI is InChI=1S/C44H74NO8P/c1-6-8-10-12-14-16-18-20-21-22-23-25-27-29-31-33-35-37-44(47)53-42(41-52-54(48,49)51-39-38-45(3,4)5)40-50-43(46)36-34-32-30-28-26-24-19-17-15-13-11-9-7-2/h8-11,14-17,20-21,23-26,42H,6-7,12-13,18-19,22,27-41H2,1-5H3/p+1/b10-8-,11-9-,16-14-,17-15-,21-20-,25-23-,26-24-. The Kier molecular flexibility index (Phi) is 34.0. The van der Waals surface area contributed by atoms with Gasteiger partial charge in [-0.25, -0.2) is 4.57 Å². The molecule has 0 heterocycles. The van der Waals surface area contributed by atoms with E-state index < -0.39 is 32.5 Å². The van der Waals surface area contributed by atoms with Gasteiger partial charge < -0.3 is 18.9 Å².